The molecule has 1 saturated heterocycles. The van der Waals surface area contributed by atoms with Gasteiger partial charge in [0.2, 0.25) is 5.91 Å². The molecule has 2 N–H and O–H groups in total. The van der Waals surface area contributed by atoms with E-state index in [2.05, 4.69) is 9.97 Å². The molecule has 1 unspecified atom stereocenters. The van der Waals surface area contributed by atoms with Crippen LogP contribution in [0, 0.1) is 5.41 Å². The quantitative estimate of drug-likeness (QED) is 0.535. The van der Waals surface area contributed by atoms with Gasteiger partial charge in [0.1, 0.15) is 29.6 Å². The first kappa shape index (κ1) is 24.5. The highest BCUT2D eigenvalue weighted by atomic mass is 16.5. The van der Waals surface area contributed by atoms with E-state index in [1.807, 2.05) is 55.8 Å². The second kappa shape index (κ2) is 9.56. The van der Waals surface area contributed by atoms with Crippen molar-refractivity contribution in [1.29, 1.82) is 0 Å². The third-order valence-corrected chi connectivity index (χ3v) is 6.27. The molecule has 9 heteroatoms. The van der Waals surface area contributed by atoms with E-state index < -0.39 is 6.04 Å². The third-order valence-electron chi connectivity index (χ3n) is 6.27. The highest BCUT2D eigenvalue weighted by Crippen LogP contribution is 2.38. The van der Waals surface area contributed by atoms with Crippen LogP contribution in [0.1, 0.15) is 46.6 Å². The van der Waals surface area contributed by atoms with E-state index in [9.17, 15) is 9.59 Å². The number of aromatic nitrogens is 3. The van der Waals surface area contributed by atoms with Gasteiger partial charge in [0, 0.05) is 31.1 Å². The van der Waals surface area contributed by atoms with Gasteiger partial charge in [-0.2, -0.15) is 0 Å². The number of methoxy groups -OCH3 is 1. The van der Waals surface area contributed by atoms with Gasteiger partial charge in [-0.05, 0) is 30.0 Å². The highest BCUT2D eigenvalue weighted by molar-refractivity contribution is 6.00. The van der Waals surface area contributed by atoms with Crippen LogP contribution in [0.15, 0.2) is 36.8 Å². The number of hydrogen-bond donors (Lipinski definition) is 1. The molecule has 1 aliphatic rings. The van der Waals surface area contributed by atoms with Gasteiger partial charge in [-0.3, -0.25) is 4.79 Å². The number of likely N-dealkylation sites (tertiary alicyclic amines) is 1. The number of nitrogens with zero attached hydrogens (tertiary/aromatic N) is 4. The largest absolute Gasteiger partial charge is 0.497 e. The van der Waals surface area contributed by atoms with E-state index in [0.29, 0.717) is 30.9 Å². The van der Waals surface area contributed by atoms with Crippen LogP contribution in [0.2, 0.25) is 0 Å². The Morgan fingerprint density at radius 1 is 1.17 bits per heavy atom. The van der Waals surface area contributed by atoms with Crippen LogP contribution in [0.4, 0.5) is 5.82 Å². The smallest absolute Gasteiger partial charge is 0.328 e. The fraction of sp³-hybridized carbons (Fsp3) is 0.462. The summed E-state index contributed by atoms with van der Waals surface area (Å²) in [4.78, 5) is 36.4. The number of fused-ring (bicyclic) bond motifs is 1. The Labute approximate surface area is 205 Å². The molecule has 4 rings (SSSR count). The summed E-state index contributed by atoms with van der Waals surface area (Å²) in [6, 6.07) is 6.88. The zero-order valence-corrected chi connectivity index (χ0v) is 20.9. The summed E-state index contributed by atoms with van der Waals surface area (Å²) in [7, 11) is 1.62. The molecule has 9 nitrogen and oxygen atoms in total. The van der Waals surface area contributed by atoms with Crippen molar-refractivity contribution in [3.05, 3.63) is 36.8 Å². The first-order valence-corrected chi connectivity index (χ1v) is 11.8. The number of nitrogens with two attached hydrogens (primary N) is 1. The van der Waals surface area contributed by atoms with Crippen molar-refractivity contribution in [3.63, 3.8) is 0 Å². The Kier molecular flexibility index (Phi) is 6.69. The Morgan fingerprint density at radius 3 is 2.51 bits per heavy atom. The zero-order chi connectivity index (χ0) is 25.3. The standard InChI is InChI=1S/C26H33N5O4/c1-6-35-25(33)20-11-17(13-31(20)21(32)12-26(2,3)4)30-14-19(16-7-9-18(34-5)10-8-16)22-23(27)28-15-29-24(22)30/h7-10,14-15,17,20H,6,11-13H2,1-5H3,(H2,27,28,29)/t17?,20-/m0/s1. The van der Waals surface area contributed by atoms with Gasteiger partial charge in [-0.1, -0.05) is 32.9 Å². The van der Waals surface area contributed by atoms with Gasteiger partial charge in [0.05, 0.1) is 25.1 Å². The van der Waals surface area contributed by atoms with Crippen molar-refractivity contribution in [2.75, 3.05) is 26.0 Å². The normalized spacial score (nSPS) is 18.1. The lowest BCUT2D eigenvalue weighted by Gasteiger charge is -2.26. The predicted octanol–water partition coefficient (Wildman–Crippen LogP) is 3.83. The van der Waals surface area contributed by atoms with E-state index in [0.717, 1.165) is 22.3 Å². The molecule has 1 aromatic carbocycles. The van der Waals surface area contributed by atoms with E-state index in [4.69, 9.17) is 15.2 Å². The Bertz CT molecular complexity index is 1230. The molecule has 0 spiro atoms. The van der Waals surface area contributed by atoms with Crippen LogP contribution in [0.5, 0.6) is 5.75 Å². The summed E-state index contributed by atoms with van der Waals surface area (Å²) in [5.74, 6) is 0.695. The minimum atomic E-state index is -0.643. The second-order valence-electron chi connectivity index (χ2n) is 10.1. The molecular weight excluding hydrogens is 446 g/mol. The topological polar surface area (TPSA) is 113 Å². The maximum absolute atomic E-state index is 13.2. The van der Waals surface area contributed by atoms with E-state index in [1.54, 1.807) is 18.9 Å². The number of ether oxygens (including phenoxy) is 2. The van der Waals surface area contributed by atoms with E-state index in [-0.39, 0.29) is 29.9 Å². The molecule has 2 aromatic heterocycles. The predicted molar refractivity (Wildman–Crippen MR) is 134 cm³/mol. The van der Waals surface area contributed by atoms with Crippen LogP contribution in [-0.2, 0) is 14.3 Å². The van der Waals surface area contributed by atoms with Crippen molar-refractivity contribution in [2.45, 2.75) is 52.6 Å². The van der Waals surface area contributed by atoms with Crippen molar-refractivity contribution in [2.24, 2.45) is 5.41 Å². The molecule has 35 heavy (non-hydrogen) atoms. The number of carbonyl (C=O) groups excluding carboxylic acids is 2. The highest BCUT2D eigenvalue weighted by Gasteiger charge is 2.42. The maximum Gasteiger partial charge on any atom is 0.328 e. The number of esters is 1. The number of rotatable bonds is 6. The number of benzene rings is 1. The summed E-state index contributed by atoms with van der Waals surface area (Å²) in [6.45, 7) is 8.45. The van der Waals surface area contributed by atoms with Crippen LogP contribution in [-0.4, -0.2) is 57.6 Å². The van der Waals surface area contributed by atoms with Crippen LogP contribution >= 0.6 is 0 Å². The van der Waals surface area contributed by atoms with Gasteiger partial charge >= 0.3 is 5.97 Å². The summed E-state index contributed by atoms with van der Waals surface area (Å²) < 4.78 is 12.6. The minimum absolute atomic E-state index is 0.0565. The average molecular weight is 480 g/mol. The van der Waals surface area contributed by atoms with Gasteiger partial charge in [-0.25, -0.2) is 14.8 Å². The van der Waals surface area contributed by atoms with Crippen LogP contribution < -0.4 is 10.5 Å². The number of anilines is 1. The van der Waals surface area contributed by atoms with Crippen molar-refractivity contribution in [1.82, 2.24) is 19.4 Å². The van der Waals surface area contributed by atoms with Crippen molar-refractivity contribution < 1.29 is 19.1 Å². The van der Waals surface area contributed by atoms with E-state index in [1.165, 1.54) is 6.33 Å². The lowest BCUT2D eigenvalue weighted by Crippen LogP contribution is -2.42. The number of nitrogen functional groups attached to an aromatic ring is 1. The first-order chi connectivity index (χ1) is 16.6. The lowest BCUT2D eigenvalue weighted by molar-refractivity contribution is -0.153. The molecule has 2 atom stereocenters. The fourth-order valence-electron chi connectivity index (χ4n) is 4.68. The SMILES string of the molecule is CCOC(=O)[C@@H]1CC(n2cc(-c3ccc(OC)cc3)c3c(N)ncnc32)CN1C(=O)CC(C)(C)C. The fourth-order valence-corrected chi connectivity index (χ4v) is 4.68. The van der Waals surface area contributed by atoms with Gasteiger partial charge in [-0.15, -0.1) is 0 Å². The molecule has 186 valence electrons. The molecular formula is C26H33N5O4. The van der Waals surface area contributed by atoms with Crippen molar-refractivity contribution in [3.8, 4) is 16.9 Å². The molecule has 0 aliphatic carbocycles. The monoisotopic (exact) mass is 479 g/mol. The number of amides is 1. The molecule has 3 heterocycles. The first-order valence-electron chi connectivity index (χ1n) is 11.8. The molecule has 1 aliphatic heterocycles. The second-order valence-corrected chi connectivity index (χ2v) is 10.1. The maximum atomic E-state index is 13.2. The van der Waals surface area contributed by atoms with E-state index >= 15 is 0 Å². The average Bonchev–Trinajstić information content (AvgIpc) is 3.41. The summed E-state index contributed by atoms with van der Waals surface area (Å²) >= 11 is 0. The third kappa shape index (κ3) is 4.94. The summed E-state index contributed by atoms with van der Waals surface area (Å²) in [6.07, 6.45) is 4.20. The molecule has 0 radical (unpaired) electrons. The van der Waals surface area contributed by atoms with Gasteiger partial charge in [0.25, 0.3) is 0 Å². The number of carbonyl (C=O) groups is 2. The Morgan fingerprint density at radius 2 is 1.89 bits per heavy atom. The summed E-state index contributed by atoms with van der Waals surface area (Å²) in [5, 5.41) is 0.741. The molecule has 0 bridgehead atoms. The van der Waals surface area contributed by atoms with Crippen LogP contribution in [0.3, 0.4) is 0 Å². The van der Waals surface area contributed by atoms with Crippen molar-refractivity contribution >= 4 is 28.7 Å². The van der Waals surface area contributed by atoms with Gasteiger partial charge in [0.15, 0.2) is 0 Å². The lowest BCUT2D eigenvalue weighted by atomic mass is 9.91. The minimum Gasteiger partial charge on any atom is -0.497 e. The summed E-state index contributed by atoms with van der Waals surface area (Å²) in [5.41, 5.74) is 8.59. The molecule has 0 saturated carbocycles. The molecule has 1 amide bonds. The zero-order valence-electron chi connectivity index (χ0n) is 20.9. The molecule has 3 aromatic rings. The number of hydrogen-bond acceptors (Lipinski definition) is 7. The van der Waals surface area contributed by atoms with Crippen LogP contribution in [0.25, 0.3) is 22.2 Å². The molecule has 1 fully saturated rings. The Balaban J connectivity index is 1.76. The Hall–Kier alpha value is -3.62. The van der Waals surface area contributed by atoms with Gasteiger partial charge < -0.3 is 24.7 Å².